The van der Waals surface area contributed by atoms with E-state index < -0.39 is 22.1 Å². The van der Waals surface area contributed by atoms with Crippen molar-refractivity contribution < 1.29 is 13.2 Å². The number of carbonyl (C=O) groups is 1. The van der Waals surface area contributed by atoms with Crippen LogP contribution in [0.1, 0.15) is 18.5 Å². The monoisotopic (exact) mass is 367 g/mol. The van der Waals surface area contributed by atoms with E-state index in [1.165, 1.54) is 0 Å². The molecule has 2 rings (SSSR count). The standard InChI is InChI=1S/C16H18ClN3O3S/c1-11(14-5-3-4-6-15(14)20-24(2,22)23)18-16(21)19-13-9-7-12(17)8-10-13/h3-11,20H,1-2H3,(H2,18,19,21). The minimum atomic E-state index is -3.41. The van der Waals surface area contributed by atoms with Crippen LogP contribution in [0.25, 0.3) is 0 Å². The lowest BCUT2D eigenvalue weighted by Crippen LogP contribution is -2.31. The lowest BCUT2D eigenvalue weighted by molar-refractivity contribution is 0.249. The normalized spacial score (nSPS) is 12.3. The number of halogens is 1. The Labute approximate surface area is 146 Å². The summed E-state index contributed by atoms with van der Waals surface area (Å²) in [6.45, 7) is 1.77. The first-order valence-electron chi connectivity index (χ1n) is 7.14. The molecule has 0 spiro atoms. The highest BCUT2D eigenvalue weighted by molar-refractivity contribution is 7.92. The van der Waals surface area contributed by atoms with E-state index in [-0.39, 0.29) is 0 Å². The van der Waals surface area contributed by atoms with Crippen molar-refractivity contribution in [3.63, 3.8) is 0 Å². The average molecular weight is 368 g/mol. The second-order valence-corrected chi connectivity index (χ2v) is 7.47. The SMILES string of the molecule is CC(NC(=O)Nc1ccc(Cl)cc1)c1ccccc1NS(C)(=O)=O. The molecule has 8 heteroatoms. The number of hydrogen-bond donors (Lipinski definition) is 3. The Morgan fingerprint density at radius 1 is 1.08 bits per heavy atom. The van der Waals surface area contributed by atoms with E-state index in [1.54, 1.807) is 55.5 Å². The Hall–Kier alpha value is -2.25. The van der Waals surface area contributed by atoms with Crippen molar-refractivity contribution in [2.45, 2.75) is 13.0 Å². The molecule has 0 radical (unpaired) electrons. The molecular weight excluding hydrogens is 350 g/mol. The second kappa shape index (κ2) is 7.55. The molecule has 6 nitrogen and oxygen atoms in total. The molecule has 0 aliphatic rings. The molecule has 0 aromatic heterocycles. The van der Waals surface area contributed by atoms with E-state index >= 15 is 0 Å². The lowest BCUT2D eigenvalue weighted by Gasteiger charge is -2.18. The van der Waals surface area contributed by atoms with Crippen LogP contribution >= 0.6 is 11.6 Å². The molecule has 1 unspecified atom stereocenters. The van der Waals surface area contributed by atoms with Crippen LogP contribution in [0.5, 0.6) is 0 Å². The van der Waals surface area contributed by atoms with Gasteiger partial charge in [-0.05, 0) is 42.8 Å². The van der Waals surface area contributed by atoms with Gasteiger partial charge in [-0.25, -0.2) is 13.2 Å². The van der Waals surface area contributed by atoms with Gasteiger partial charge in [-0.2, -0.15) is 0 Å². The zero-order chi connectivity index (χ0) is 17.7. The summed E-state index contributed by atoms with van der Waals surface area (Å²) in [6.07, 6.45) is 1.08. The zero-order valence-corrected chi connectivity index (χ0v) is 14.8. The van der Waals surface area contributed by atoms with Crippen LogP contribution < -0.4 is 15.4 Å². The zero-order valence-electron chi connectivity index (χ0n) is 13.2. The summed E-state index contributed by atoms with van der Waals surface area (Å²) in [6, 6.07) is 12.8. The predicted molar refractivity (Wildman–Crippen MR) is 96.9 cm³/mol. The number of nitrogens with one attached hydrogen (secondary N) is 3. The Kier molecular flexibility index (Phi) is 5.69. The van der Waals surface area contributed by atoms with Crippen molar-refractivity contribution in [2.75, 3.05) is 16.3 Å². The molecule has 128 valence electrons. The van der Waals surface area contributed by atoms with E-state index in [0.29, 0.717) is 22.0 Å². The van der Waals surface area contributed by atoms with Crippen molar-refractivity contribution in [1.82, 2.24) is 5.32 Å². The first-order chi connectivity index (χ1) is 11.2. The van der Waals surface area contributed by atoms with Gasteiger partial charge in [0.15, 0.2) is 0 Å². The molecule has 3 N–H and O–H groups in total. The molecule has 0 heterocycles. The fraction of sp³-hybridized carbons (Fsp3) is 0.188. The molecule has 0 fully saturated rings. The fourth-order valence-corrected chi connectivity index (χ4v) is 2.85. The highest BCUT2D eigenvalue weighted by Gasteiger charge is 2.15. The Balaban J connectivity index is 2.08. The molecule has 0 saturated heterocycles. The van der Waals surface area contributed by atoms with E-state index in [4.69, 9.17) is 11.6 Å². The summed E-state index contributed by atoms with van der Waals surface area (Å²) in [7, 11) is -3.41. The Morgan fingerprint density at radius 2 is 1.71 bits per heavy atom. The topological polar surface area (TPSA) is 87.3 Å². The maximum absolute atomic E-state index is 12.1. The number of carbonyl (C=O) groups excluding carboxylic acids is 1. The van der Waals surface area contributed by atoms with Crippen LogP contribution in [-0.2, 0) is 10.0 Å². The fourth-order valence-electron chi connectivity index (χ4n) is 2.14. The molecule has 2 amide bonds. The molecule has 0 bridgehead atoms. The maximum Gasteiger partial charge on any atom is 0.319 e. The van der Waals surface area contributed by atoms with Crippen molar-refractivity contribution in [3.05, 3.63) is 59.1 Å². The van der Waals surface area contributed by atoms with Crippen molar-refractivity contribution in [2.24, 2.45) is 0 Å². The third-order valence-corrected chi connectivity index (χ3v) is 4.02. The minimum Gasteiger partial charge on any atom is -0.331 e. The summed E-state index contributed by atoms with van der Waals surface area (Å²) >= 11 is 5.80. The number of urea groups is 1. The van der Waals surface area contributed by atoms with E-state index in [0.717, 1.165) is 6.26 Å². The predicted octanol–water partition coefficient (Wildman–Crippen LogP) is 3.59. The van der Waals surface area contributed by atoms with Crippen LogP contribution in [0, 0.1) is 0 Å². The van der Waals surface area contributed by atoms with E-state index in [9.17, 15) is 13.2 Å². The first kappa shape index (κ1) is 18.1. The number of sulfonamides is 1. The largest absolute Gasteiger partial charge is 0.331 e. The van der Waals surface area contributed by atoms with E-state index in [1.807, 2.05) is 0 Å². The molecule has 0 aliphatic heterocycles. The third kappa shape index (κ3) is 5.43. The van der Waals surface area contributed by atoms with Gasteiger partial charge in [0.1, 0.15) is 0 Å². The summed E-state index contributed by atoms with van der Waals surface area (Å²) in [4.78, 5) is 12.1. The van der Waals surface area contributed by atoms with Gasteiger partial charge in [-0.1, -0.05) is 29.8 Å². The second-order valence-electron chi connectivity index (χ2n) is 5.29. The number of para-hydroxylation sites is 1. The molecule has 2 aromatic carbocycles. The van der Waals surface area contributed by atoms with Crippen LogP contribution in [0.2, 0.25) is 5.02 Å². The third-order valence-electron chi connectivity index (χ3n) is 3.17. The Morgan fingerprint density at radius 3 is 2.33 bits per heavy atom. The number of rotatable bonds is 5. The quantitative estimate of drug-likeness (QED) is 0.754. The van der Waals surface area contributed by atoms with Crippen molar-refractivity contribution in [3.8, 4) is 0 Å². The molecule has 2 aromatic rings. The van der Waals surface area contributed by atoms with Gasteiger partial charge < -0.3 is 10.6 Å². The molecular formula is C16H18ClN3O3S. The Bertz CT molecular complexity index is 823. The first-order valence-corrected chi connectivity index (χ1v) is 9.41. The summed E-state index contributed by atoms with van der Waals surface area (Å²) < 4.78 is 25.3. The number of benzene rings is 2. The molecule has 1 atom stereocenters. The number of anilines is 2. The van der Waals surface area contributed by atoms with Gasteiger partial charge in [-0.3, -0.25) is 4.72 Å². The van der Waals surface area contributed by atoms with Gasteiger partial charge in [0.05, 0.1) is 18.0 Å². The average Bonchev–Trinajstić information content (AvgIpc) is 2.48. The van der Waals surface area contributed by atoms with Gasteiger partial charge in [0, 0.05) is 10.7 Å². The van der Waals surface area contributed by atoms with Crippen LogP contribution in [0.15, 0.2) is 48.5 Å². The smallest absolute Gasteiger partial charge is 0.319 e. The van der Waals surface area contributed by atoms with Gasteiger partial charge in [0.2, 0.25) is 10.0 Å². The summed E-state index contributed by atoms with van der Waals surface area (Å²) in [5, 5.41) is 6.04. The van der Waals surface area contributed by atoms with Crippen molar-refractivity contribution in [1.29, 1.82) is 0 Å². The van der Waals surface area contributed by atoms with Gasteiger partial charge in [0.25, 0.3) is 0 Å². The molecule has 24 heavy (non-hydrogen) atoms. The van der Waals surface area contributed by atoms with Crippen LogP contribution in [0.3, 0.4) is 0 Å². The van der Waals surface area contributed by atoms with Crippen molar-refractivity contribution >= 4 is 39.0 Å². The lowest BCUT2D eigenvalue weighted by atomic mass is 10.1. The highest BCUT2D eigenvalue weighted by Crippen LogP contribution is 2.23. The number of hydrogen-bond acceptors (Lipinski definition) is 3. The van der Waals surface area contributed by atoms with Gasteiger partial charge in [-0.15, -0.1) is 0 Å². The highest BCUT2D eigenvalue weighted by atomic mass is 35.5. The maximum atomic E-state index is 12.1. The van der Waals surface area contributed by atoms with Crippen LogP contribution in [-0.4, -0.2) is 20.7 Å². The van der Waals surface area contributed by atoms with Crippen LogP contribution in [0.4, 0.5) is 16.2 Å². The summed E-state index contributed by atoms with van der Waals surface area (Å²) in [5.41, 5.74) is 1.69. The molecule has 0 saturated carbocycles. The van der Waals surface area contributed by atoms with E-state index in [2.05, 4.69) is 15.4 Å². The number of amides is 2. The summed E-state index contributed by atoms with van der Waals surface area (Å²) in [5.74, 6) is 0. The molecule has 0 aliphatic carbocycles. The van der Waals surface area contributed by atoms with Gasteiger partial charge >= 0.3 is 6.03 Å². The minimum absolute atomic E-state index is 0.400.